The van der Waals surface area contributed by atoms with E-state index >= 15 is 0 Å². The molecular formula is C34H26FN3O5S2. The number of amides is 1. The van der Waals surface area contributed by atoms with E-state index in [1.54, 1.807) is 36.4 Å². The number of anilines is 1. The Hall–Kier alpha value is -5.00. The lowest BCUT2D eigenvalue weighted by atomic mass is 9.95. The maximum absolute atomic E-state index is 14.7. The van der Waals surface area contributed by atoms with Gasteiger partial charge in [-0.3, -0.25) is 14.5 Å². The van der Waals surface area contributed by atoms with Crippen molar-refractivity contribution in [2.75, 3.05) is 12.0 Å². The van der Waals surface area contributed by atoms with Crippen LogP contribution in [0.2, 0.25) is 0 Å². The van der Waals surface area contributed by atoms with E-state index in [2.05, 4.69) is 10.2 Å². The number of methoxy groups -OCH3 is 1. The molecule has 0 spiro atoms. The van der Waals surface area contributed by atoms with Crippen molar-refractivity contribution in [3.63, 3.8) is 0 Å². The van der Waals surface area contributed by atoms with Crippen molar-refractivity contribution < 1.29 is 28.6 Å². The van der Waals surface area contributed by atoms with Crippen molar-refractivity contribution >= 4 is 45.7 Å². The molecule has 5 aromatic rings. The molecule has 1 fully saturated rings. The summed E-state index contributed by atoms with van der Waals surface area (Å²) in [5, 5.41) is 20.2. The molecule has 0 saturated carbocycles. The van der Waals surface area contributed by atoms with Gasteiger partial charge in [0.05, 0.1) is 18.7 Å². The highest BCUT2D eigenvalue weighted by Gasteiger charge is 2.48. The van der Waals surface area contributed by atoms with Crippen LogP contribution in [0.3, 0.4) is 0 Å². The Morgan fingerprint density at radius 1 is 0.956 bits per heavy atom. The second-order valence-corrected chi connectivity index (χ2v) is 12.3. The number of ketones is 1. The largest absolute Gasteiger partial charge is 0.507 e. The minimum absolute atomic E-state index is 0.0135. The molecule has 11 heteroatoms. The fourth-order valence-corrected chi connectivity index (χ4v) is 6.70. The van der Waals surface area contributed by atoms with Gasteiger partial charge in [-0.1, -0.05) is 83.3 Å². The normalized spacial score (nSPS) is 15.8. The number of para-hydroxylation sites is 1. The minimum atomic E-state index is -1.10. The molecule has 4 aromatic carbocycles. The Labute approximate surface area is 266 Å². The zero-order chi connectivity index (χ0) is 31.5. The van der Waals surface area contributed by atoms with Crippen LogP contribution >= 0.6 is 23.1 Å². The first-order chi connectivity index (χ1) is 21.8. The summed E-state index contributed by atoms with van der Waals surface area (Å²) in [6.45, 7) is 2.02. The fraction of sp³-hybridized carbons (Fsp3) is 0.118. The average Bonchev–Trinajstić information content (AvgIpc) is 3.62. The molecular weight excluding hydrogens is 614 g/mol. The van der Waals surface area contributed by atoms with Crippen LogP contribution in [0.4, 0.5) is 9.52 Å². The topological polar surface area (TPSA) is 102 Å². The number of rotatable bonds is 9. The van der Waals surface area contributed by atoms with Gasteiger partial charge in [-0.25, -0.2) is 4.39 Å². The maximum atomic E-state index is 14.7. The smallest absolute Gasteiger partial charge is 0.301 e. The third-order valence-corrected chi connectivity index (χ3v) is 9.23. The van der Waals surface area contributed by atoms with E-state index in [-0.39, 0.29) is 22.0 Å². The maximum Gasteiger partial charge on any atom is 0.301 e. The number of halogens is 1. The van der Waals surface area contributed by atoms with Crippen molar-refractivity contribution in [1.82, 2.24) is 10.2 Å². The van der Waals surface area contributed by atoms with Crippen molar-refractivity contribution in [2.24, 2.45) is 0 Å². The first-order valence-corrected chi connectivity index (χ1v) is 15.6. The van der Waals surface area contributed by atoms with E-state index in [1.165, 1.54) is 35.9 Å². The molecule has 6 rings (SSSR count). The van der Waals surface area contributed by atoms with Gasteiger partial charge < -0.3 is 14.6 Å². The van der Waals surface area contributed by atoms with Gasteiger partial charge in [-0.2, -0.15) is 0 Å². The Bertz CT molecular complexity index is 1910. The number of aliphatic hydroxyl groups excluding tert-OH is 1. The molecule has 1 saturated heterocycles. The molecule has 1 amide bonds. The van der Waals surface area contributed by atoms with Crippen LogP contribution in [0.5, 0.6) is 17.2 Å². The minimum Gasteiger partial charge on any atom is -0.507 e. The number of aliphatic hydroxyl groups is 1. The number of hydrogen-bond acceptors (Lipinski definition) is 9. The van der Waals surface area contributed by atoms with Gasteiger partial charge >= 0.3 is 5.91 Å². The average molecular weight is 640 g/mol. The van der Waals surface area contributed by atoms with Gasteiger partial charge in [0.15, 0.2) is 15.9 Å². The van der Waals surface area contributed by atoms with Crippen molar-refractivity contribution in [1.29, 1.82) is 0 Å². The van der Waals surface area contributed by atoms with Gasteiger partial charge in [-0.15, -0.1) is 10.2 Å². The number of ether oxygens (including phenoxy) is 2. The lowest BCUT2D eigenvalue weighted by Gasteiger charge is -2.23. The molecule has 1 N–H and O–H groups in total. The number of benzene rings is 4. The quantitative estimate of drug-likeness (QED) is 0.0576. The molecule has 45 heavy (non-hydrogen) atoms. The second-order valence-electron chi connectivity index (χ2n) is 10.1. The van der Waals surface area contributed by atoms with Crippen molar-refractivity contribution in [2.45, 2.75) is 23.1 Å². The molecule has 0 aliphatic carbocycles. The highest BCUT2D eigenvalue weighted by Crippen LogP contribution is 2.45. The number of aromatic nitrogens is 2. The van der Waals surface area contributed by atoms with Gasteiger partial charge in [-0.05, 0) is 60.5 Å². The first-order valence-electron chi connectivity index (χ1n) is 13.8. The molecule has 0 bridgehead atoms. The lowest BCUT2D eigenvalue weighted by molar-refractivity contribution is -0.132. The number of carbonyl (C=O) groups excluding carboxylic acids is 2. The summed E-state index contributed by atoms with van der Waals surface area (Å²) in [7, 11) is 1.32. The van der Waals surface area contributed by atoms with Crippen LogP contribution in [0, 0.1) is 12.7 Å². The Morgan fingerprint density at radius 2 is 1.71 bits per heavy atom. The highest BCUT2D eigenvalue weighted by molar-refractivity contribution is 8.00. The Kier molecular flexibility index (Phi) is 8.63. The summed E-state index contributed by atoms with van der Waals surface area (Å²) in [5.74, 6) is -1.44. The zero-order valence-corrected chi connectivity index (χ0v) is 25.8. The van der Waals surface area contributed by atoms with Gasteiger partial charge in [0, 0.05) is 11.3 Å². The van der Waals surface area contributed by atoms with E-state index < -0.39 is 29.3 Å². The third kappa shape index (κ3) is 6.31. The molecule has 1 aliphatic rings. The summed E-state index contributed by atoms with van der Waals surface area (Å²) in [6.07, 6.45) is 0. The van der Waals surface area contributed by atoms with Crippen molar-refractivity contribution in [3.05, 3.63) is 131 Å². The molecule has 1 aromatic heterocycles. The summed E-state index contributed by atoms with van der Waals surface area (Å²) < 4.78 is 26.3. The first kappa shape index (κ1) is 30.0. The number of nitrogens with zero attached hydrogens (tertiary/aromatic N) is 3. The second kappa shape index (κ2) is 12.9. The van der Waals surface area contributed by atoms with E-state index in [1.807, 2.05) is 49.4 Å². The number of Topliss-reactive ketones (excluding diaryl/α,β-unsaturated/α-hetero) is 1. The lowest BCUT2D eigenvalue weighted by Crippen LogP contribution is -2.29. The Morgan fingerprint density at radius 3 is 2.44 bits per heavy atom. The number of carbonyl (C=O) groups is 2. The molecule has 1 atom stereocenters. The summed E-state index contributed by atoms with van der Waals surface area (Å²) in [5.41, 5.74) is 2.53. The third-order valence-electron chi connectivity index (χ3n) is 7.11. The zero-order valence-electron chi connectivity index (χ0n) is 24.1. The van der Waals surface area contributed by atoms with E-state index in [0.29, 0.717) is 27.2 Å². The van der Waals surface area contributed by atoms with Gasteiger partial charge in [0.2, 0.25) is 5.13 Å². The SMILES string of the molecule is COc1ccc(C(O)=C2C(=O)C(=O)N(c3nnc(SCc4ccc(C)cc4)s3)[C@@H]2c2cccc(Oc3ccccc3)c2)cc1F. The van der Waals surface area contributed by atoms with Gasteiger partial charge in [0.1, 0.15) is 17.3 Å². The fourth-order valence-electron chi connectivity index (χ4n) is 4.87. The van der Waals surface area contributed by atoms with Crippen LogP contribution in [0.25, 0.3) is 5.76 Å². The summed E-state index contributed by atoms with van der Waals surface area (Å²) in [6, 6.07) is 26.9. The monoisotopic (exact) mass is 639 g/mol. The van der Waals surface area contributed by atoms with Crippen LogP contribution in [-0.4, -0.2) is 34.1 Å². The van der Waals surface area contributed by atoms with E-state index in [9.17, 15) is 19.1 Å². The molecule has 226 valence electrons. The van der Waals surface area contributed by atoms with Crippen LogP contribution in [-0.2, 0) is 15.3 Å². The van der Waals surface area contributed by atoms with Crippen molar-refractivity contribution in [3.8, 4) is 17.2 Å². The number of aryl methyl sites for hydroxylation is 1. The summed E-state index contributed by atoms with van der Waals surface area (Å²) >= 11 is 2.62. The summed E-state index contributed by atoms with van der Waals surface area (Å²) in [4.78, 5) is 28.5. The van der Waals surface area contributed by atoms with Crippen LogP contribution < -0.4 is 14.4 Å². The number of thioether (sulfide) groups is 1. The highest BCUT2D eigenvalue weighted by atomic mass is 32.2. The predicted molar refractivity (Wildman–Crippen MR) is 171 cm³/mol. The van der Waals surface area contributed by atoms with Crippen LogP contribution in [0.15, 0.2) is 107 Å². The van der Waals surface area contributed by atoms with Crippen LogP contribution in [0.1, 0.15) is 28.3 Å². The molecule has 0 radical (unpaired) electrons. The Balaban J connectivity index is 1.40. The van der Waals surface area contributed by atoms with E-state index in [4.69, 9.17) is 9.47 Å². The molecule has 8 nitrogen and oxygen atoms in total. The predicted octanol–water partition coefficient (Wildman–Crippen LogP) is 7.71. The molecule has 1 aliphatic heterocycles. The molecule has 2 heterocycles. The van der Waals surface area contributed by atoms with Gasteiger partial charge in [0.25, 0.3) is 5.78 Å². The molecule has 0 unspecified atom stereocenters. The van der Waals surface area contributed by atoms with E-state index in [0.717, 1.165) is 28.5 Å². The standard InChI is InChI=1S/C34H26FN3O5S2/c1-20-11-13-21(14-12-20)19-44-34-37-36-33(45-34)38-29(22-7-6-10-25(17-22)43-24-8-4-3-5-9-24)28(31(40)32(38)41)30(39)23-15-16-27(42-2)26(35)18-23/h3-18,29,39H,19H2,1-2H3/t29-/m1/s1. The number of hydrogen-bond donors (Lipinski definition) is 1.